The summed E-state index contributed by atoms with van der Waals surface area (Å²) >= 11 is 0. The fourth-order valence-electron chi connectivity index (χ4n) is 4.65. The Hall–Kier alpha value is -3.94. The van der Waals surface area contributed by atoms with Crippen LogP contribution in [0.5, 0.6) is 11.5 Å². The Kier molecular flexibility index (Phi) is 9.24. The lowest BCUT2D eigenvalue weighted by Gasteiger charge is -2.26. The Morgan fingerprint density at radius 1 is 1.00 bits per heavy atom. The number of hydrogen-bond donors (Lipinski definition) is 0. The molecular formula is C28H31F3N4O6S. The highest BCUT2D eigenvalue weighted by Crippen LogP contribution is 2.32. The molecule has 1 amide bonds. The first-order valence-electron chi connectivity index (χ1n) is 13.2. The van der Waals surface area contributed by atoms with E-state index in [2.05, 4.69) is 9.97 Å². The zero-order valence-corrected chi connectivity index (χ0v) is 24.2. The molecule has 0 atom stereocenters. The molecule has 1 fully saturated rings. The van der Waals surface area contributed by atoms with E-state index >= 15 is 0 Å². The third-order valence-corrected chi connectivity index (χ3v) is 8.51. The van der Waals surface area contributed by atoms with Crippen LogP contribution >= 0.6 is 0 Å². The summed E-state index contributed by atoms with van der Waals surface area (Å²) in [6, 6.07) is 6.47. The highest BCUT2D eigenvalue weighted by molar-refractivity contribution is 7.91. The summed E-state index contributed by atoms with van der Waals surface area (Å²) in [5.41, 5.74) is -0.701. The molecule has 1 aliphatic rings. The molecule has 226 valence electrons. The van der Waals surface area contributed by atoms with Crippen LogP contribution in [0.4, 0.5) is 13.2 Å². The van der Waals surface area contributed by atoms with Gasteiger partial charge in [-0.15, -0.1) is 0 Å². The molecule has 1 aromatic carbocycles. The number of ether oxygens (including phenoxy) is 2. The summed E-state index contributed by atoms with van der Waals surface area (Å²) in [6.07, 6.45) is -1.47. The predicted octanol–water partition coefficient (Wildman–Crippen LogP) is 3.87. The first-order chi connectivity index (χ1) is 19.8. The number of halogens is 3. The summed E-state index contributed by atoms with van der Waals surface area (Å²) in [6.45, 7) is 2.88. The number of benzene rings is 1. The quantitative estimate of drug-likeness (QED) is 0.336. The number of amides is 1. The van der Waals surface area contributed by atoms with E-state index in [1.54, 1.807) is 24.0 Å². The standard InChI is InChI=1S/C28H31F3N4O6S/c1-18-13-22(40-2)23(41-3)14-20(18)17-35-16-19(7-8-25(35)36)21-15-24(28(29,30)31)33-27(32-21)42(38,39)12-9-26(37)34-10-5-4-6-11-34/h7-8,13-16H,4-6,9-12,17H2,1-3H3. The number of hydrogen-bond acceptors (Lipinski definition) is 8. The number of likely N-dealkylation sites (tertiary alicyclic amines) is 1. The third kappa shape index (κ3) is 7.09. The molecule has 0 spiro atoms. The van der Waals surface area contributed by atoms with Crippen LogP contribution in [0.25, 0.3) is 11.3 Å². The van der Waals surface area contributed by atoms with Crippen LogP contribution in [0, 0.1) is 6.92 Å². The van der Waals surface area contributed by atoms with Gasteiger partial charge in [0.15, 0.2) is 11.5 Å². The van der Waals surface area contributed by atoms with Crippen molar-refractivity contribution >= 4 is 15.7 Å². The van der Waals surface area contributed by atoms with Crippen molar-refractivity contribution in [1.82, 2.24) is 19.4 Å². The number of nitrogens with zero attached hydrogens (tertiary/aromatic N) is 4. The van der Waals surface area contributed by atoms with Crippen LogP contribution in [0.3, 0.4) is 0 Å². The highest BCUT2D eigenvalue weighted by Gasteiger charge is 2.36. The van der Waals surface area contributed by atoms with Gasteiger partial charge in [-0.25, -0.2) is 18.4 Å². The van der Waals surface area contributed by atoms with Gasteiger partial charge in [-0.05, 0) is 61.6 Å². The van der Waals surface area contributed by atoms with Gasteiger partial charge in [0.05, 0.1) is 32.2 Å². The number of carbonyl (C=O) groups is 1. The monoisotopic (exact) mass is 608 g/mol. The highest BCUT2D eigenvalue weighted by atomic mass is 32.2. The molecule has 0 N–H and O–H groups in total. The largest absolute Gasteiger partial charge is 0.493 e. The maximum Gasteiger partial charge on any atom is 0.433 e. The van der Waals surface area contributed by atoms with Gasteiger partial charge in [0.1, 0.15) is 5.69 Å². The molecule has 3 heterocycles. The van der Waals surface area contributed by atoms with Crippen molar-refractivity contribution in [3.8, 4) is 22.8 Å². The van der Waals surface area contributed by atoms with Gasteiger partial charge in [-0.3, -0.25) is 9.59 Å². The van der Waals surface area contributed by atoms with E-state index in [1.165, 1.54) is 31.0 Å². The maximum absolute atomic E-state index is 13.8. The number of carbonyl (C=O) groups excluding carboxylic acids is 1. The molecular weight excluding hydrogens is 577 g/mol. The first kappa shape index (κ1) is 31.0. The van der Waals surface area contributed by atoms with Crippen LogP contribution in [0.1, 0.15) is 42.5 Å². The average Bonchev–Trinajstić information content (AvgIpc) is 2.97. The lowest BCUT2D eigenvalue weighted by atomic mass is 10.1. The number of aromatic nitrogens is 3. The molecule has 0 saturated carbocycles. The van der Waals surface area contributed by atoms with E-state index in [1.807, 2.05) is 0 Å². The van der Waals surface area contributed by atoms with Crippen LogP contribution < -0.4 is 15.0 Å². The Labute approximate surface area is 241 Å². The van der Waals surface area contributed by atoms with E-state index in [9.17, 15) is 31.2 Å². The normalized spacial score (nSPS) is 14.1. The summed E-state index contributed by atoms with van der Waals surface area (Å²) in [5, 5.41) is -1.03. The first-order valence-corrected chi connectivity index (χ1v) is 14.9. The van der Waals surface area contributed by atoms with E-state index in [0.29, 0.717) is 36.2 Å². The van der Waals surface area contributed by atoms with Gasteiger partial charge >= 0.3 is 6.18 Å². The zero-order valence-electron chi connectivity index (χ0n) is 23.4. The van der Waals surface area contributed by atoms with E-state index < -0.39 is 44.6 Å². The number of rotatable bonds is 9. The molecule has 0 bridgehead atoms. The maximum atomic E-state index is 13.8. The van der Waals surface area contributed by atoms with Gasteiger partial charge in [-0.1, -0.05) is 0 Å². The van der Waals surface area contributed by atoms with Gasteiger partial charge in [-0.2, -0.15) is 13.2 Å². The van der Waals surface area contributed by atoms with Crippen molar-refractivity contribution in [1.29, 1.82) is 0 Å². The van der Waals surface area contributed by atoms with Gasteiger partial charge in [0.25, 0.3) is 5.56 Å². The van der Waals surface area contributed by atoms with Crippen molar-refractivity contribution in [3.63, 3.8) is 0 Å². The summed E-state index contributed by atoms with van der Waals surface area (Å²) in [5.74, 6) is -0.197. The van der Waals surface area contributed by atoms with Crippen LogP contribution in [0.2, 0.25) is 0 Å². The summed E-state index contributed by atoms with van der Waals surface area (Å²) in [4.78, 5) is 34.0. The number of methoxy groups -OCH3 is 2. The average molecular weight is 609 g/mol. The minimum atomic E-state index is -4.98. The van der Waals surface area contributed by atoms with Crippen molar-refractivity contribution < 1.29 is 35.9 Å². The second-order valence-corrected chi connectivity index (χ2v) is 11.9. The van der Waals surface area contributed by atoms with Gasteiger partial charge in [0.2, 0.25) is 20.9 Å². The number of aryl methyl sites for hydroxylation is 1. The topological polar surface area (TPSA) is 121 Å². The smallest absolute Gasteiger partial charge is 0.433 e. The lowest BCUT2D eigenvalue weighted by molar-refractivity contribution is -0.141. The van der Waals surface area contributed by atoms with Crippen LogP contribution in [0.15, 0.2) is 46.5 Å². The SMILES string of the molecule is COc1cc(C)c(Cn2cc(-c3cc(C(F)(F)F)nc(S(=O)(=O)CCC(=O)N4CCCCC4)n3)ccc2=O)cc1OC. The van der Waals surface area contributed by atoms with Crippen molar-refractivity contribution in [2.45, 2.75) is 50.5 Å². The Morgan fingerprint density at radius 3 is 2.31 bits per heavy atom. The lowest BCUT2D eigenvalue weighted by Crippen LogP contribution is -2.36. The van der Waals surface area contributed by atoms with Gasteiger partial charge < -0.3 is 18.9 Å². The van der Waals surface area contributed by atoms with E-state index in [-0.39, 0.29) is 23.7 Å². The molecule has 14 heteroatoms. The van der Waals surface area contributed by atoms with E-state index in [0.717, 1.165) is 30.9 Å². The molecule has 2 aromatic heterocycles. The second kappa shape index (κ2) is 12.5. The molecule has 10 nitrogen and oxygen atoms in total. The third-order valence-electron chi connectivity index (χ3n) is 7.03. The summed E-state index contributed by atoms with van der Waals surface area (Å²) < 4.78 is 79.4. The van der Waals surface area contributed by atoms with Crippen LogP contribution in [-0.4, -0.2) is 66.8 Å². The van der Waals surface area contributed by atoms with Crippen molar-refractivity contribution in [2.75, 3.05) is 33.1 Å². The van der Waals surface area contributed by atoms with Crippen LogP contribution in [-0.2, 0) is 27.4 Å². The number of pyridine rings is 1. The molecule has 1 saturated heterocycles. The molecule has 3 aromatic rings. The molecule has 4 rings (SSSR count). The Bertz CT molecular complexity index is 1630. The zero-order chi connectivity index (χ0) is 30.7. The molecule has 1 aliphatic heterocycles. The predicted molar refractivity (Wildman–Crippen MR) is 147 cm³/mol. The molecule has 0 radical (unpaired) electrons. The minimum Gasteiger partial charge on any atom is -0.493 e. The van der Waals surface area contributed by atoms with Crippen molar-refractivity contribution in [2.24, 2.45) is 0 Å². The molecule has 42 heavy (non-hydrogen) atoms. The fraction of sp³-hybridized carbons (Fsp3) is 0.429. The number of alkyl halides is 3. The Morgan fingerprint density at radius 2 is 1.67 bits per heavy atom. The van der Waals surface area contributed by atoms with Crippen molar-refractivity contribution in [3.05, 3.63) is 63.7 Å². The Balaban J connectivity index is 1.68. The van der Waals surface area contributed by atoms with E-state index in [4.69, 9.17) is 9.47 Å². The van der Waals surface area contributed by atoms with Gasteiger partial charge in [0, 0.05) is 37.3 Å². The minimum absolute atomic E-state index is 0.0415. The number of piperidine rings is 1. The second-order valence-electron chi connectivity index (χ2n) is 9.95. The summed E-state index contributed by atoms with van der Waals surface area (Å²) in [7, 11) is -1.50. The molecule has 0 aliphatic carbocycles. The molecule has 0 unspecified atom stereocenters. The number of sulfone groups is 1. The fourth-order valence-corrected chi connectivity index (χ4v) is 5.76.